The number of piperidine rings is 2. The maximum Gasteiger partial charge on any atom is 0.0310 e. The van der Waals surface area contributed by atoms with E-state index in [2.05, 4.69) is 64.5 Å². The van der Waals surface area contributed by atoms with E-state index < -0.39 is 0 Å². The molecule has 1 aliphatic carbocycles. The van der Waals surface area contributed by atoms with Crippen molar-refractivity contribution in [1.29, 1.82) is 0 Å². The topological polar surface area (TPSA) is 6.48 Å². The molecule has 5 unspecified atom stereocenters. The summed E-state index contributed by atoms with van der Waals surface area (Å²) in [6.45, 7) is 6.49. The summed E-state index contributed by atoms with van der Waals surface area (Å²) in [5.41, 5.74) is 2.24. The highest BCUT2D eigenvalue weighted by Gasteiger charge is 2.55. The summed E-state index contributed by atoms with van der Waals surface area (Å²) < 4.78 is 0. The van der Waals surface area contributed by atoms with Crippen LogP contribution in [-0.4, -0.2) is 48.6 Å². The lowest BCUT2D eigenvalue weighted by atomic mass is 9.55. The maximum absolute atomic E-state index is 2.94. The van der Waals surface area contributed by atoms with Crippen molar-refractivity contribution in [2.45, 2.75) is 76.7 Å². The normalized spacial score (nSPS) is 38.8. The lowest BCUT2D eigenvalue weighted by Crippen LogP contribution is -2.65. The van der Waals surface area contributed by atoms with Gasteiger partial charge >= 0.3 is 0 Å². The molecule has 2 saturated heterocycles. The van der Waals surface area contributed by atoms with Crippen molar-refractivity contribution < 1.29 is 0 Å². The van der Waals surface area contributed by atoms with Gasteiger partial charge in [-0.3, -0.25) is 4.90 Å². The van der Waals surface area contributed by atoms with E-state index in [9.17, 15) is 0 Å². The molecule has 1 spiro atoms. The highest BCUT2D eigenvalue weighted by Crippen LogP contribution is 2.55. The second-order valence-corrected chi connectivity index (χ2v) is 11.1. The minimum absolute atomic E-state index is 0.458. The smallest absolute Gasteiger partial charge is 0.0310 e. The van der Waals surface area contributed by atoms with Gasteiger partial charge in [-0.1, -0.05) is 60.3 Å². The van der Waals surface area contributed by atoms with Gasteiger partial charge in [0.15, 0.2) is 0 Å². The Bertz CT molecular complexity index is 772. The Morgan fingerprint density at radius 3 is 2.50 bits per heavy atom. The number of hydrogen-bond acceptors (Lipinski definition) is 2. The molecule has 2 nitrogen and oxygen atoms in total. The zero-order chi connectivity index (χ0) is 21.6. The Labute approximate surface area is 196 Å². The number of hydrogen-bond donors (Lipinski definition) is 0. The summed E-state index contributed by atoms with van der Waals surface area (Å²) in [5.74, 6) is 1.77. The minimum atomic E-state index is 0.458. The zero-order valence-corrected chi connectivity index (χ0v) is 20.1. The highest BCUT2D eigenvalue weighted by molar-refractivity contribution is 5.24. The summed E-state index contributed by atoms with van der Waals surface area (Å²) in [6, 6.07) is 0.730. The van der Waals surface area contributed by atoms with Crippen molar-refractivity contribution in [2.24, 2.45) is 17.3 Å². The van der Waals surface area contributed by atoms with E-state index in [1.807, 2.05) is 0 Å². The number of fused-ring (bicyclic) bond motifs is 1. The van der Waals surface area contributed by atoms with Crippen molar-refractivity contribution in [1.82, 2.24) is 9.80 Å². The molecule has 0 aromatic rings. The average molecular weight is 433 g/mol. The second-order valence-electron chi connectivity index (χ2n) is 11.1. The molecule has 2 heteroatoms. The van der Waals surface area contributed by atoms with Crippen LogP contribution in [0, 0.1) is 17.3 Å². The first-order chi connectivity index (χ1) is 15.8. The van der Waals surface area contributed by atoms with Gasteiger partial charge in [-0.25, -0.2) is 0 Å². The zero-order valence-electron chi connectivity index (χ0n) is 20.1. The number of allylic oxidation sites excluding steroid dienone is 8. The van der Waals surface area contributed by atoms with Gasteiger partial charge < -0.3 is 4.90 Å². The Morgan fingerprint density at radius 2 is 1.56 bits per heavy atom. The van der Waals surface area contributed by atoms with E-state index in [0.29, 0.717) is 5.41 Å². The SMILES string of the molecule is C1=CCCC=CCC23CN(CCC=CC1)CC1CC4=CCC=CCCCCN(C2)C4CC13. The molecule has 0 amide bonds. The third-order valence-corrected chi connectivity index (χ3v) is 8.91. The first-order valence-corrected chi connectivity index (χ1v) is 13.6. The molecule has 5 rings (SSSR count). The van der Waals surface area contributed by atoms with Crippen molar-refractivity contribution in [3.63, 3.8) is 0 Å². The Balaban J connectivity index is 1.44. The lowest BCUT2D eigenvalue weighted by Gasteiger charge is -2.62. The van der Waals surface area contributed by atoms with Gasteiger partial charge in [0.2, 0.25) is 0 Å². The summed E-state index contributed by atoms with van der Waals surface area (Å²) in [6.07, 6.45) is 35.9. The average Bonchev–Trinajstić information content (AvgIpc) is 2.84. The fraction of sp³-hybridized carbons (Fsp3) is 0.667. The van der Waals surface area contributed by atoms with E-state index in [1.165, 1.54) is 90.5 Å². The molecule has 4 bridgehead atoms. The second kappa shape index (κ2) is 10.7. The van der Waals surface area contributed by atoms with Gasteiger partial charge in [-0.05, 0) is 89.0 Å². The largest absolute Gasteiger partial charge is 0.302 e. The summed E-state index contributed by atoms with van der Waals surface area (Å²) in [7, 11) is 0. The molecule has 5 atom stereocenters. The third kappa shape index (κ3) is 5.07. The third-order valence-electron chi connectivity index (χ3n) is 8.91. The molecule has 4 aliphatic heterocycles. The van der Waals surface area contributed by atoms with Crippen molar-refractivity contribution in [2.75, 3.05) is 32.7 Å². The number of nitrogens with zero attached hydrogens (tertiary/aromatic N) is 2. The predicted octanol–water partition coefficient (Wildman–Crippen LogP) is 6.69. The molecule has 5 aliphatic rings. The van der Waals surface area contributed by atoms with E-state index in [4.69, 9.17) is 0 Å². The van der Waals surface area contributed by atoms with Crippen LogP contribution in [0.2, 0.25) is 0 Å². The van der Waals surface area contributed by atoms with Crippen molar-refractivity contribution >= 4 is 0 Å². The van der Waals surface area contributed by atoms with Crippen LogP contribution >= 0.6 is 0 Å². The van der Waals surface area contributed by atoms with Crippen LogP contribution in [0.15, 0.2) is 60.3 Å². The molecule has 1 saturated carbocycles. The monoisotopic (exact) mass is 432 g/mol. The van der Waals surface area contributed by atoms with Crippen LogP contribution in [0.5, 0.6) is 0 Å². The fourth-order valence-electron chi connectivity index (χ4n) is 7.44. The maximum atomic E-state index is 2.94. The Kier molecular flexibility index (Phi) is 7.49. The molecule has 0 aromatic heterocycles. The van der Waals surface area contributed by atoms with Crippen LogP contribution in [0.25, 0.3) is 0 Å². The quantitative estimate of drug-likeness (QED) is 0.394. The van der Waals surface area contributed by atoms with Gasteiger partial charge in [-0.2, -0.15) is 0 Å². The van der Waals surface area contributed by atoms with Crippen LogP contribution in [0.3, 0.4) is 0 Å². The molecule has 32 heavy (non-hydrogen) atoms. The summed E-state index contributed by atoms with van der Waals surface area (Å²) in [5, 5.41) is 0. The Morgan fingerprint density at radius 1 is 0.750 bits per heavy atom. The highest BCUT2D eigenvalue weighted by atomic mass is 15.2. The van der Waals surface area contributed by atoms with E-state index in [1.54, 1.807) is 5.57 Å². The van der Waals surface area contributed by atoms with Crippen LogP contribution < -0.4 is 0 Å². The van der Waals surface area contributed by atoms with E-state index in [-0.39, 0.29) is 0 Å². The van der Waals surface area contributed by atoms with Crippen LogP contribution in [-0.2, 0) is 0 Å². The first kappa shape index (κ1) is 22.4. The Hall–Kier alpha value is -1.38. The lowest BCUT2D eigenvalue weighted by molar-refractivity contribution is -0.102. The standard InChI is InChI=1S/C30H44N2/c1-2-4-7-11-15-19-31-23-27-21-26-17-13-9-5-8-12-16-20-32-25-30(24-31,18-14-10-6-3-1)28(27)22-29(26)32/h1-2,5,7,9-11,14,17,27-29H,3-4,6,8,12-13,15-16,18-25H2. The first-order valence-electron chi connectivity index (χ1n) is 13.6. The molecule has 0 N–H and O–H groups in total. The summed E-state index contributed by atoms with van der Waals surface area (Å²) in [4.78, 5) is 5.80. The molecule has 3 fully saturated rings. The van der Waals surface area contributed by atoms with Gasteiger partial charge in [0.25, 0.3) is 0 Å². The molecule has 4 heterocycles. The molecule has 174 valence electrons. The van der Waals surface area contributed by atoms with Gasteiger partial charge in [0.05, 0.1) is 0 Å². The van der Waals surface area contributed by atoms with Gasteiger partial charge in [0.1, 0.15) is 0 Å². The number of rotatable bonds is 0. The predicted molar refractivity (Wildman–Crippen MR) is 137 cm³/mol. The van der Waals surface area contributed by atoms with E-state index >= 15 is 0 Å². The minimum Gasteiger partial charge on any atom is -0.302 e. The molecular formula is C30H44N2. The van der Waals surface area contributed by atoms with E-state index in [0.717, 1.165) is 30.7 Å². The molecule has 0 radical (unpaired) electrons. The van der Waals surface area contributed by atoms with Crippen molar-refractivity contribution in [3.8, 4) is 0 Å². The summed E-state index contributed by atoms with van der Waals surface area (Å²) >= 11 is 0. The van der Waals surface area contributed by atoms with Crippen LogP contribution in [0.1, 0.15) is 70.6 Å². The molecular weight excluding hydrogens is 388 g/mol. The van der Waals surface area contributed by atoms with Gasteiger partial charge in [-0.15, -0.1) is 0 Å². The molecule has 0 aromatic carbocycles. The van der Waals surface area contributed by atoms with Crippen molar-refractivity contribution in [3.05, 3.63) is 60.3 Å². The van der Waals surface area contributed by atoms with Gasteiger partial charge in [0, 0.05) is 37.6 Å². The fourth-order valence-corrected chi connectivity index (χ4v) is 7.44. The van der Waals surface area contributed by atoms with Crippen LogP contribution in [0.4, 0.5) is 0 Å².